The standard InChI is InChI=1S/C31H24N2O.4C2H6/c1-21-9-7-8-18-32(2)28-16-14-22(19-26(21)28)27-20-23(15-17-31(27)34)33-29-12-5-3-10-24(29)25-11-4-6-13-30(25)33;4*1-2/h3-20,34H,1H2,2H3;4*1-2H3/b9-7-,18-8-;;;;. The van der Waals surface area contributed by atoms with Gasteiger partial charge in [0.25, 0.3) is 0 Å². The van der Waals surface area contributed by atoms with Crippen LogP contribution in [0.15, 0.2) is 116 Å². The number of hydrogen-bond donors (Lipinski definition) is 1. The summed E-state index contributed by atoms with van der Waals surface area (Å²) in [5.74, 6) is 0.254. The summed E-state index contributed by atoms with van der Waals surface area (Å²) in [7, 11) is 2.03. The molecule has 1 aliphatic rings. The Morgan fingerprint density at radius 3 is 1.79 bits per heavy atom. The number of anilines is 1. The number of aromatic hydroxyl groups is 1. The van der Waals surface area contributed by atoms with E-state index in [1.54, 1.807) is 6.07 Å². The molecule has 0 bridgehead atoms. The van der Waals surface area contributed by atoms with Crippen LogP contribution in [-0.4, -0.2) is 16.7 Å². The van der Waals surface area contributed by atoms with Crippen LogP contribution in [0.25, 0.3) is 44.2 Å². The van der Waals surface area contributed by atoms with Crippen molar-refractivity contribution in [3.8, 4) is 22.6 Å². The minimum atomic E-state index is 0.254. The maximum absolute atomic E-state index is 10.9. The zero-order valence-electron chi connectivity index (χ0n) is 26.9. The lowest BCUT2D eigenvalue weighted by Gasteiger charge is -2.21. The average Bonchev–Trinajstić information content (AvgIpc) is 3.40. The Kier molecular flexibility index (Phi) is 13.4. The van der Waals surface area contributed by atoms with E-state index < -0.39 is 0 Å². The number of fused-ring (bicyclic) bond motifs is 4. The molecule has 0 atom stereocenters. The first-order chi connectivity index (χ1) is 20.6. The van der Waals surface area contributed by atoms with Gasteiger partial charge < -0.3 is 14.6 Å². The van der Waals surface area contributed by atoms with Crippen LogP contribution in [0.4, 0.5) is 5.69 Å². The summed E-state index contributed by atoms with van der Waals surface area (Å²) in [6.45, 7) is 20.3. The highest BCUT2D eigenvalue weighted by Gasteiger charge is 2.16. The van der Waals surface area contributed by atoms with Crippen LogP contribution >= 0.6 is 0 Å². The molecule has 3 heteroatoms. The lowest BCUT2D eigenvalue weighted by molar-refractivity contribution is 0.477. The van der Waals surface area contributed by atoms with Crippen LogP contribution in [0, 0.1) is 0 Å². The van der Waals surface area contributed by atoms with E-state index in [2.05, 4.69) is 88.8 Å². The molecule has 5 aromatic rings. The molecule has 0 spiro atoms. The molecule has 0 amide bonds. The Bertz CT molecular complexity index is 1600. The number of allylic oxidation sites excluding steroid dienone is 4. The Morgan fingerprint density at radius 2 is 1.19 bits per heavy atom. The summed E-state index contributed by atoms with van der Waals surface area (Å²) in [5.41, 5.74) is 8.10. The van der Waals surface area contributed by atoms with Gasteiger partial charge in [-0.15, -0.1) is 0 Å². The number of benzene rings is 4. The number of phenolic OH excluding ortho intramolecular Hbond substituents is 1. The molecule has 0 fully saturated rings. The normalized spacial score (nSPS) is 12.9. The predicted octanol–water partition coefficient (Wildman–Crippen LogP) is 11.8. The van der Waals surface area contributed by atoms with Gasteiger partial charge in [-0.05, 0) is 59.7 Å². The van der Waals surface area contributed by atoms with Crippen molar-refractivity contribution in [1.82, 2.24) is 4.57 Å². The van der Waals surface area contributed by atoms with Gasteiger partial charge in [0, 0.05) is 46.5 Å². The van der Waals surface area contributed by atoms with E-state index in [9.17, 15) is 5.11 Å². The zero-order valence-corrected chi connectivity index (χ0v) is 26.9. The minimum absolute atomic E-state index is 0.254. The van der Waals surface area contributed by atoms with Crippen molar-refractivity contribution in [3.05, 3.63) is 121 Å². The lowest BCUT2D eigenvalue weighted by atomic mass is 9.96. The summed E-state index contributed by atoms with van der Waals surface area (Å²) >= 11 is 0. The molecular formula is C39H48N2O. The number of nitrogens with zero attached hydrogens (tertiary/aromatic N) is 2. The third kappa shape index (κ3) is 6.86. The second-order valence-electron chi connectivity index (χ2n) is 8.64. The molecule has 0 radical (unpaired) electrons. The molecule has 0 saturated carbocycles. The van der Waals surface area contributed by atoms with Gasteiger partial charge in [-0.25, -0.2) is 0 Å². The first-order valence-electron chi connectivity index (χ1n) is 15.3. The minimum Gasteiger partial charge on any atom is -0.507 e. The Labute approximate surface area is 253 Å². The maximum Gasteiger partial charge on any atom is 0.123 e. The molecule has 1 aliphatic heterocycles. The van der Waals surface area contributed by atoms with E-state index in [1.807, 2.05) is 92.9 Å². The van der Waals surface area contributed by atoms with Crippen molar-refractivity contribution in [2.45, 2.75) is 55.4 Å². The van der Waals surface area contributed by atoms with Crippen molar-refractivity contribution < 1.29 is 5.11 Å². The summed E-state index contributed by atoms with van der Waals surface area (Å²) < 4.78 is 2.27. The molecule has 0 unspecified atom stereocenters. The Balaban J connectivity index is 0.000000713. The number of para-hydroxylation sites is 2. The van der Waals surface area contributed by atoms with E-state index in [0.717, 1.165) is 44.7 Å². The SMILES string of the molecule is C=C1/C=C\C=C/N(C)c2ccc(-c3cc(-n4c5ccccc5c5ccccc54)ccc3O)cc21.CC.CC.CC.CC. The molecule has 2 heterocycles. The van der Waals surface area contributed by atoms with Gasteiger partial charge in [-0.3, -0.25) is 0 Å². The molecule has 220 valence electrons. The smallest absolute Gasteiger partial charge is 0.123 e. The van der Waals surface area contributed by atoms with Gasteiger partial charge in [0.15, 0.2) is 0 Å². The fourth-order valence-electron chi connectivity index (χ4n) is 4.88. The van der Waals surface area contributed by atoms with Crippen molar-refractivity contribution in [2.24, 2.45) is 0 Å². The second-order valence-corrected chi connectivity index (χ2v) is 8.64. The van der Waals surface area contributed by atoms with Gasteiger partial charge in [0.05, 0.1) is 11.0 Å². The van der Waals surface area contributed by atoms with Crippen LogP contribution in [0.1, 0.15) is 61.0 Å². The van der Waals surface area contributed by atoms with Crippen LogP contribution in [-0.2, 0) is 0 Å². The third-order valence-electron chi connectivity index (χ3n) is 6.57. The van der Waals surface area contributed by atoms with Gasteiger partial charge in [-0.1, -0.05) is 117 Å². The topological polar surface area (TPSA) is 28.4 Å². The van der Waals surface area contributed by atoms with E-state index in [1.165, 1.54) is 10.8 Å². The van der Waals surface area contributed by atoms with Crippen molar-refractivity contribution in [1.29, 1.82) is 0 Å². The molecule has 42 heavy (non-hydrogen) atoms. The predicted molar refractivity (Wildman–Crippen MR) is 189 cm³/mol. The maximum atomic E-state index is 10.9. The van der Waals surface area contributed by atoms with E-state index in [0.29, 0.717) is 0 Å². The third-order valence-corrected chi connectivity index (χ3v) is 6.57. The molecule has 3 nitrogen and oxygen atoms in total. The van der Waals surface area contributed by atoms with Crippen molar-refractivity contribution in [3.63, 3.8) is 0 Å². The molecule has 0 aliphatic carbocycles. The second kappa shape index (κ2) is 16.7. The number of rotatable bonds is 2. The van der Waals surface area contributed by atoms with Crippen LogP contribution in [0.5, 0.6) is 5.75 Å². The van der Waals surface area contributed by atoms with Gasteiger partial charge >= 0.3 is 0 Å². The first-order valence-corrected chi connectivity index (χ1v) is 15.3. The number of hydrogen-bond acceptors (Lipinski definition) is 2. The van der Waals surface area contributed by atoms with Crippen LogP contribution < -0.4 is 4.90 Å². The molecule has 1 N–H and O–H groups in total. The first kappa shape index (κ1) is 33.7. The quantitative estimate of drug-likeness (QED) is 0.233. The highest BCUT2D eigenvalue weighted by Crippen LogP contribution is 2.39. The Hall–Kier alpha value is -4.50. The summed E-state index contributed by atoms with van der Waals surface area (Å²) in [6, 6.07) is 29.0. The van der Waals surface area contributed by atoms with Gasteiger partial charge in [-0.2, -0.15) is 0 Å². The van der Waals surface area contributed by atoms with Gasteiger partial charge in [0.1, 0.15) is 5.75 Å². The number of aromatic nitrogens is 1. The molecule has 0 saturated heterocycles. The highest BCUT2D eigenvalue weighted by molar-refractivity contribution is 6.09. The number of phenols is 1. The van der Waals surface area contributed by atoms with Crippen LogP contribution in [0.2, 0.25) is 0 Å². The molecular weight excluding hydrogens is 512 g/mol. The van der Waals surface area contributed by atoms with E-state index in [4.69, 9.17) is 0 Å². The lowest BCUT2D eigenvalue weighted by Crippen LogP contribution is -2.10. The Morgan fingerprint density at radius 1 is 0.619 bits per heavy atom. The van der Waals surface area contributed by atoms with E-state index >= 15 is 0 Å². The highest BCUT2D eigenvalue weighted by atomic mass is 16.3. The molecule has 4 aromatic carbocycles. The largest absolute Gasteiger partial charge is 0.507 e. The summed E-state index contributed by atoms with van der Waals surface area (Å²) in [6.07, 6.45) is 8.04. The average molecular weight is 561 g/mol. The van der Waals surface area contributed by atoms with Gasteiger partial charge in [0.2, 0.25) is 0 Å². The zero-order chi connectivity index (χ0) is 31.2. The fourth-order valence-corrected chi connectivity index (χ4v) is 4.88. The fraction of sp³-hybridized carbons (Fsp3) is 0.231. The molecule has 6 rings (SSSR count). The monoisotopic (exact) mass is 560 g/mol. The summed E-state index contributed by atoms with van der Waals surface area (Å²) in [5, 5.41) is 13.3. The van der Waals surface area contributed by atoms with Crippen LogP contribution in [0.3, 0.4) is 0 Å². The van der Waals surface area contributed by atoms with Crippen molar-refractivity contribution in [2.75, 3.05) is 11.9 Å². The summed E-state index contributed by atoms with van der Waals surface area (Å²) in [4.78, 5) is 2.09. The molecule has 1 aromatic heterocycles. The van der Waals surface area contributed by atoms with Crippen molar-refractivity contribution >= 4 is 33.1 Å². The van der Waals surface area contributed by atoms with E-state index in [-0.39, 0.29) is 5.75 Å².